The van der Waals surface area contributed by atoms with Gasteiger partial charge in [-0.3, -0.25) is 0 Å². The van der Waals surface area contributed by atoms with E-state index in [2.05, 4.69) is 37.4 Å². The summed E-state index contributed by atoms with van der Waals surface area (Å²) in [5.41, 5.74) is 4.33. The average Bonchev–Trinajstić information content (AvgIpc) is 3.00. The molecule has 7 nitrogen and oxygen atoms in total. The Bertz CT molecular complexity index is 1270. The van der Waals surface area contributed by atoms with Crippen molar-refractivity contribution in [3.05, 3.63) is 109 Å². The van der Waals surface area contributed by atoms with Gasteiger partial charge in [-0.05, 0) is 59.4 Å². The van der Waals surface area contributed by atoms with Gasteiger partial charge in [0, 0.05) is 6.08 Å². The van der Waals surface area contributed by atoms with Crippen LogP contribution in [0.1, 0.15) is 24.0 Å². The minimum atomic E-state index is -0.627. The number of ether oxygens (including phenoxy) is 4. The molecule has 3 aromatic carbocycles. The van der Waals surface area contributed by atoms with Crippen LogP contribution in [0.3, 0.4) is 0 Å². The minimum absolute atomic E-state index is 0.0149. The van der Waals surface area contributed by atoms with E-state index in [-0.39, 0.29) is 18.8 Å². The molecule has 0 spiro atoms. The van der Waals surface area contributed by atoms with Gasteiger partial charge in [-0.15, -0.1) is 0 Å². The summed E-state index contributed by atoms with van der Waals surface area (Å²) in [4.78, 5) is 22.4. The number of benzene rings is 3. The number of esters is 2. The number of hydrogen-bond acceptors (Lipinski definition) is 7. The summed E-state index contributed by atoms with van der Waals surface area (Å²) in [6, 6.07) is 23.9. The Kier molecular flexibility index (Phi) is 12.2. The van der Waals surface area contributed by atoms with Crippen LogP contribution in [0, 0.1) is 0 Å². The lowest BCUT2D eigenvalue weighted by Crippen LogP contribution is -2.14. The lowest BCUT2D eigenvalue weighted by molar-refractivity contribution is -0.140. The highest BCUT2D eigenvalue weighted by molar-refractivity contribution is 5.87. The van der Waals surface area contributed by atoms with Crippen LogP contribution in [0.25, 0.3) is 23.3 Å². The quantitative estimate of drug-likeness (QED) is 0.105. The summed E-state index contributed by atoms with van der Waals surface area (Å²) in [6.07, 6.45) is 6.76. The second-order valence-corrected chi connectivity index (χ2v) is 8.72. The highest BCUT2D eigenvalue weighted by atomic mass is 16.6. The standard InChI is InChI=1S/C33H34O7/c1-3-32(35)39-21-5-4-20-37-31-18-14-29(15-19-31)28-12-8-26(9-13-28)6-7-27-10-16-30(17-11-27)38-22-23-40-33(36)25(2)24-34/h3,6-19,34H,1-2,4-5,20-24H2/b7-6+. The Morgan fingerprint density at radius 1 is 0.675 bits per heavy atom. The summed E-state index contributed by atoms with van der Waals surface area (Å²) in [6.45, 7) is 7.56. The van der Waals surface area contributed by atoms with Gasteiger partial charge in [-0.2, -0.15) is 0 Å². The second-order valence-electron chi connectivity index (χ2n) is 8.72. The molecule has 0 saturated heterocycles. The zero-order valence-corrected chi connectivity index (χ0v) is 22.4. The van der Waals surface area contributed by atoms with E-state index < -0.39 is 18.5 Å². The summed E-state index contributed by atoms with van der Waals surface area (Å²) in [7, 11) is 0. The molecule has 0 unspecified atom stereocenters. The van der Waals surface area contributed by atoms with Gasteiger partial charge in [-0.1, -0.05) is 73.8 Å². The van der Waals surface area contributed by atoms with Gasteiger partial charge in [0.1, 0.15) is 24.7 Å². The Balaban J connectivity index is 1.41. The molecule has 0 saturated carbocycles. The second kappa shape index (κ2) is 16.4. The molecular weight excluding hydrogens is 508 g/mol. The fraction of sp³-hybridized carbons (Fsp3) is 0.212. The molecule has 3 rings (SSSR count). The lowest BCUT2D eigenvalue weighted by Gasteiger charge is -2.08. The predicted molar refractivity (Wildman–Crippen MR) is 156 cm³/mol. The Labute approximate surface area is 235 Å². The van der Waals surface area contributed by atoms with Crippen LogP contribution >= 0.6 is 0 Å². The molecule has 0 aliphatic carbocycles. The largest absolute Gasteiger partial charge is 0.494 e. The van der Waals surface area contributed by atoms with E-state index in [0.29, 0.717) is 19.0 Å². The summed E-state index contributed by atoms with van der Waals surface area (Å²) in [5.74, 6) is 0.440. The SMILES string of the molecule is C=CC(=O)OCCCCOc1ccc(-c2ccc(/C=C/c3ccc(OCCOC(=O)C(=C)CO)cc3)cc2)cc1. The molecular formula is C33H34O7. The molecule has 0 fully saturated rings. The topological polar surface area (TPSA) is 91.3 Å². The molecule has 0 radical (unpaired) electrons. The first kappa shape index (κ1) is 29.9. The van der Waals surface area contributed by atoms with E-state index in [1.165, 1.54) is 0 Å². The van der Waals surface area contributed by atoms with Crippen molar-refractivity contribution in [3.63, 3.8) is 0 Å². The first-order valence-corrected chi connectivity index (χ1v) is 13.0. The Hall–Kier alpha value is -4.62. The van der Waals surface area contributed by atoms with Crippen LogP contribution in [-0.4, -0.2) is 50.1 Å². The van der Waals surface area contributed by atoms with E-state index in [9.17, 15) is 9.59 Å². The summed E-state index contributed by atoms with van der Waals surface area (Å²) in [5, 5.41) is 8.85. The fourth-order valence-corrected chi connectivity index (χ4v) is 3.48. The van der Waals surface area contributed by atoms with E-state index in [0.717, 1.165) is 46.9 Å². The minimum Gasteiger partial charge on any atom is -0.494 e. The molecule has 40 heavy (non-hydrogen) atoms. The monoisotopic (exact) mass is 542 g/mol. The van der Waals surface area contributed by atoms with E-state index in [4.69, 9.17) is 24.1 Å². The van der Waals surface area contributed by atoms with Gasteiger partial charge in [-0.25, -0.2) is 9.59 Å². The zero-order chi connectivity index (χ0) is 28.6. The highest BCUT2D eigenvalue weighted by Crippen LogP contribution is 2.24. The number of aliphatic hydroxyl groups is 1. The highest BCUT2D eigenvalue weighted by Gasteiger charge is 2.06. The van der Waals surface area contributed by atoms with Gasteiger partial charge in [0.15, 0.2) is 0 Å². The smallest absolute Gasteiger partial charge is 0.335 e. The molecule has 0 aromatic heterocycles. The van der Waals surface area contributed by atoms with Crippen molar-refractivity contribution >= 4 is 24.1 Å². The van der Waals surface area contributed by atoms with Gasteiger partial charge in [0.25, 0.3) is 0 Å². The van der Waals surface area contributed by atoms with E-state index in [1.54, 1.807) is 0 Å². The van der Waals surface area contributed by atoms with Crippen molar-refractivity contribution in [1.29, 1.82) is 0 Å². The molecule has 208 valence electrons. The van der Waals surface area contributed by atoms with Crippen molar-refractivity contribution in [3.8, 4) is 22.6 Å². The first-order valence-electron chi connectivity index (χ1n) is 13.0. The van der Waals surface area contributed by atoms with E-state index >= 15 is 0 Å². The number of unbranched alkanes of at least 4 members (excludes halogenated alkanes) is 1. The maximum atomic E-state index is 11.4. The third kappa shape index (κ3) is 10.3. The molecule has 0 aliphatic heterocycles. The molecule has 0 bridgehead atoms. The summed E-state index contributed by atoms with van der Waals surface area (Å²) < 4.78 is 21.2. The molecule has 3 aromatic rings. The van der Waals surface area contributed by atoms with Crippen molar-refractivity contribution in [2.24, 2.45) is 0 Å². The number of aliphatic hydroxyl groups excluding tert-OH is 1. The van der Waals surface area contributed by atoms with Crippen LogP contribution < -0.4 is 9.47 Å². The first-order chi connectivity index (χ1) is 19.5. The number of rotatable bonds is 16. The predicted octanol–water partition coefficient (Wildman–Crippen LogP) is 5.88. The van der Waals surface area contributed by atoms with Crippen molar-refractivity contribution in [2.75, 3.05) is 33.0 Å². The third-order valence-electron chi connectivity index (χ3n) is 5.73. The maximum absolute atomic E-state index is 11.4. The fourth-order valence-electron chi connectivity index (χ4n) is 3.48. The van der Waals surface area contributed by atoms with Gasteiger partial charge in [0.05, 0.1) is 25.4 Å². The number of carbonyl (C=O) groups excluding carboxylic acids is 2. The maximum Gasteiger partial charge on any atom is 0.335 e. The Morgan fingerprint density at radius 2 is 1.18 bits per heavy atom. The normalized spacial score (nSPS) is 10.6. The number of carbonyl (C=O) groups is 2. The molecule has 0 heterocycles. The van der Waals surface area contributed by atoms with Crippen LogP contribution in [0.2, 0.25) is 0 Å². The van der Waals surface area contributed by atoms with Gasteiger partial charge < -0.3 is 24.1 Å². The molecule has 1 N–H and O–H groups in total. The molecule has 7 heteroatoms. The lowest BCUT2D eigenvalue weighted by atomic mass is 10.0. The van der Waals surface area contributed by atoms with Crippen molar-refractivity contribution in [2.45, 2.75) is 12.8 Å². The van der Waals surface area contributed by atoms with Crippen molar-refractivity contribution in [1.82, 2.24) is 0 Å². The molecule has 0 amide bonds. The zero-order valence-electron chi connectivity index (χ0n) is 22.4. The van der Waals surface area contributed by atoms with Crippen LogP contribution in [0.5, 0.6) is 11.5 Å². The molecule has 0 atom stereocenters. The van der Waals surface area contributed by atoms with E-state index in [1.807, 2.05) is 60.7 Å². The van der Waals surface area contributed by atoms with Gasteiger partial charge >= 0.3 is 11.9 Å². The van der Waals surface area contributed by atoms with Crippen LogP contribution in [-0.2, 0) is 19.1 Å². The average molecular weight is 543 g/mol. The van der Waals surface area contributed by atoms with Crippen LogP contribution in [0.4, 0.5) is 0 Å². The Morgan fingerprint density at radius 3 is 1.75 bits per heavy atom. The van der Waals surface area contributed by atoms with Crippen LogP contribution in [0.15, 0.2) is 97.6 Å². The third-order valence-corrected chi connectivity index (χ3v) is 5.73. The van der Waals surface area contributed by atoms with Crippen molar-refractivity contribution < 1.29 is 33.6 Å². The summed E-state index contributed by atoms with van der Waals surface area (Å²) >= 11 is 0. The van der Waals surface area contributed by atoms with Gasteiger partial charge in [0.2, 0.25) is 0 Å². The number of hydrogen-bond donors (Lipinski definition) is 1. The molecule has 0 aliphatic rings.